The van der Waals surface area contributed by atoms with Gasteiger partial charge in [0.15, 0.2) is 5.75 Å². The van der Waals surface area contributed by atoms with Gasteiger partial charge in [0, 0.05) is 18.3 Å². The summed E-state index contributed by atoms with van der Waals surface area (Å²) in [4.78, 5) is 14.5. The Balaban J connectivity index is 0.00000139. The molecule has 4 nitrogen and oxygen atoms in total. The number of benzene rings is 1. The third kappa shape index (κ3) is 5.53. The molecule has 0 aliphatic heterocycles. The highest BCUT2D eigenvalue weighted by Crippen LogP contribution is 2.14. The van der Waals surface area contributed by atoms with Crippen molar-refractivity contribution >= 4 is 0 Å². The van der Waals surface area contributed by atoms with Crippen LogP contribution in [-0.4, -0.2) is 27.7 Å². The van der Waals surface area contributed by atoms with Crippen molar-refractivity contribution in [3.05, 3.63) is 64.1 Å². The fraction of sp³-hybridized carbons (Fsp3) is 0.450. The van der Waals surface area contributed by atoms with E-state index >= 15 is 0 Å². The summed E-state index contributed by atoms with van der Waals surface area (Å²) in [6.45, 7) is 11.2. The monoisotopic (exact) mass is 330 g/mol. The molecule has 0 amide bonds. The van der Waals surface area contributed by atoms with Gasteiger partial charge in [-0.05, 0) is 31.1 Å². The van der Waals surface area contributed by atoms with Crippen molar-refractivity contribution in [2.45, 2.75) is 47.2 Å². The predicted molar refractivity (Wildman–Crippen MR) is 101 cm³/mol. The van der Waals surface area contributed by atoms with Gasteiger partial charge in [0.25, 0.3) is 5.56 Å². The van der Waals surface area contributed by atoms with Crippen molar-refractivity contribution in [2.24, 2.45) is 0 Å². The normalized spacial score (nSPS) is 10.4. The Morgan fingerprint density at radius 1 is 1.08 bits per heavy atom. The van der Waals surface area contributed by atoms with Gasteiger partial charge in [0.05, 0.1) is 6.54 Å². The van der Waals surface area contributed by atoms with Gasteiger partial charge in [-0.3, -0.25) is 9.69 Å². The molecule has 0 aliphatic carbocycles. The molecular weight excluding hydrogens is 300 g/mol. The number of nitrogens with zero attached hydrogens (tertiary/aromatic N) is 2. The van der Waals surface area contributed by atoms with Crippen LogP contribution in [0, 0.1) is 0 Å². The van der Waals surface area contributed by atoms with Crippen LogP contribution in [0.4, 0.5) is 0 Å². The molecule has 2 rings (SSSR count). The van der Waals surface area contributed by atoms with Crippen LogP contribution < -0.4 is 5.56 Å². The average molecular weight is 330 g/mol. The van der Waals surface area contributed by atoms with Crippen LogP contribution in [0.1, 0.15) is 45.2 Å². The zero-order valence-electron chi connectivity index (χ0n) is 15.3. The fourth-order valence-corrected chi connectivity index (χ4v) is 2.54. The van der Waals surface area contributed by atoms with E-state index in [1.165, 1.54) is 0 Å². The Hall–Kier alpha value is -2.07. The van der Waals surface area contributed by atoms with E-state index in [0.717, 1.165) is 25.1 Å². The Labute approximate surface area is 145 Å². The zero-order chi connectivity index (χ0) is 17.9. The first-order chi connectivity index (χ1) is 11.7. The Bertz CT molecular complexity index is 650. The Kier molecular flexibility index (Phi) is 8.87. The molecule has 1 aromatic carbocycles. The van der Waals surface area contributed by atoms with E-state index in [1.807, 2.05) is 50.2 Å². The summed E-state index contributed by atoms with van der Waals surface area (Å²) in [6.07, 6.45) is 2.82. The number of rotatable bonds is 7. The highest BCUT2D eigenvalue weighted by Gasteiger charge is 2.11. The highest BCUT2D eigenvalue weighted by molar-refractivity contribution is 5.29. The summed E-state index contributed by atoms with van der Waals surface area (Å²) in [6, 6.07) is 11.6. The lowest BCUT2D eigenvalue weighted by atomic mass is 10.2. The van der Waals surface area contributed by atoms with Gasteiger partial charge in [-0.25, -0.2) is 0 Å². The van der Waals surface area contributed by atoms with Gasteiger partial charge in [-0.15, -0.1) is 0 Å². The first-order valence-corrected chi connectivity index (χ1v) is 8.83. The Morgan fingerprint density at radius 2 is 1.75 bits per heavy atom. The molecule has 0 saturated heterocycles. The average Bonchev–Trinajstić information content (AvgIpc) is 2.63. The molecule has 1 N–H and O–H groups in total. The molecule has 1 aromatic heterocycles. The summed E-state index contributed by atoms with van der Waals surface area (Å²) in [5, 5.41) is 10.2. The maximum absolute atomic E-state index is 12.3. The Morgan fingerprint density at radius 3 is 2.33 bits per heavy atom. The molecule has 2 aromatic rings. The summed E-state index contributed by atoms with van der Waals surface area (Å²) in [5.74, 6) is -0.131. The summed E-state index contributed by atoms with van der Waals surface area (Å²) in [5.41, 5.74) is 1.41. The minimum absolute atomic E-state index is 0.131. The molecule has 0 bridgehead atoms. The van der Waals surface area contributed by atoms with Gasteiger partial charge in [0.2, 0.25) is 0 Å². The molecule has 0 fully saturated rings. The molecule has 0 atom stereocenters. The maximum Gasteiger partial charge on any atom is 0.293 e. The predicted octanol–water partition coefficient (Wildman–Crippen LogP) is 3.86. The molecule has 0 spiro atoms. The van der Waals surface area contributed by atoms with Gasteiger partial charge >= 0.3 is 0 Å². The van der Waals surface area contributed by atoms with Crippen molar-refractivity contribution in [1.82, 2.24) is 9.47 Å². The quantitative estimate of drug-likeness (QED) is 0.838. The number of pyridine rings is 1. The minimum Gasteiger partial charge on any atom is -0.503 e. The van der Waals surface area contributed by atoms with Crippen LogP contribution >= 0.6 is 0 Å². The van der Waals surface area contributed by atoms with E-state index in [4.69, 9.17) is 0 Å². The summed E-state index contributed by atoms with van der Waals surface area (Å²) < 4.78 is 1.55. The second-order valence-electron chi connectivity index (χ2n) is 5.48. The van der Waals surface area contributed by atoms with Crippen molar-refractivity contribution in [1.29, 1.82) is 0 Å². The van der Waals surface area contributed by atoms with Crippen molar-refractivity contribution in [3.63, 3.8) is 0 Å². The lowest BCUT2D eigenvalue weighted by Crippen LogP contribution is -2.26. The first-order valence-electron chi connectivity index (χ1n) is 8.83. The number of aromatic hydroxyl groups is 1. The summed E-state index contributed by atoms with van der Waals surface area (Å²) >= 11 is 0. The largest absolute Gasteiger partial charge is 0.503 e. The zero-order valence-corrected chi connectivity index (χ0v) is 15.3. The maximum atomic E-state index is 12.3. The van der Waals surface area contributed by atoms with Crippen molar-refractivity contribution in [2.75, 3.05) is 13.1 Å². The topological polar surface area (TPSA) is 45.5 Å². The molecule has 132 valence electrons. The third-order valence-electron chi connectivity index (χ3n) is 3.80. The number of aromatic nitrogens is 1. The van der Waals surface area contributed by atoms with Crippen LogP contribution in [-0.2, 0) is 13.1 Å². The molecule has 0 radical (unpaired) electrons. The van der Waals surface area contributed by atoms with Gasteiger partial charge in [-0.2, -0.15) is 0 Å². The van der Waals surface area contributed by atoms with E-state index in [0.29, 0.717) is 18.7 Å². The van der Waals surface area contributed by atoms with E-state index in [2.05, 4.69) is 18.7 Å². The molecular formula is C20H30N2O2. The smallest absolute Gasteiger partial charge is 0.293 e. The highest BCUT2D eigenvalue weighted by atomic mass is 16.3. The SMILES string of the molecule is CC.CCCN(CC)Cc1ccn(Cc2ccccc2)c(=O)c1O. The second kappa shape index (κ2) is 10.7. The third-order valence-corrected chi connectivity index (χ3v) is 3.80. The molecule has 0 unspecified atom stereocenters. The van der Waals surface area contributed by atoms with E-state index in [-0.39, 0.29) is 11.3 Å². The second-order valence-corrected chi connectivity index (χ2v) is 5.48. The summed E-state index contributed by atoms with van der Waals surface area (Å²) in [7, 11) is 0. The number of hydrogen-bond acceptors (Lipinski definition) is 3. The van der Waals surface area contributed by atoms with Crippen LogP contribution in [0.5, 0.6) is 5.75 Å². The van der Waals surface area contributed by atoms with Crippen LogP contribution in [0.2, 0.25) is 0 Å². The van der Waals surface area contributed by atoms with Crippen molar-refractivity contribution < 1.29 is 5.11 Å². The molecule has 24 heavy (non-hydrogen) atoms. The molecule has 0 saturated carbocycles. The van der Waals surface area contributed by atoms with Gasteiger partial charge < -0.3 is 9.67 Å². The van der Waals surface area contributed by atoms with E-state index in [1.54, 1.807) is 10.8 Å². The van der Waals surface area contributed by atoms with E-state index < -0.39 is 0 Å². The molecule has 0 aliphatic rings. The lowest BCUT2D eigenvalue weighted by Gasteiger charge is -2.20. The van der Waals surface area contributed by atoms with Crippen LogP contribution in [0.15, 0.2) is 47.4 Å². The van der Waals surface area contributed by atoms with Crippen LogP contribution in [0.25, 0.3) is 0 Å². The van der Waals surface area contributed by atoms with Gasteiger partial charge in [0.1, 0.15) is 0 Å². The minimum atomic E-state index is -0.325. The fourth-order valence-electron chi connectivity index (χ4n) is 2.54. The van der Waals surface area contributed by atoms with E-state index in [9.17, 15) is 9.90 Å². The standard InChI is InChI=1S/C18H24N2O2.C2H6/c1-3-11-19(4-2)14-16-10-12-20(18(22)17(16)21)13-15-8-6-5-7-9-15;1-2/h5-10,12,21H,3-4,11,13-14H2,1-2H3;1-2H3. The molecule has 4 heteroatoms. The lowest BCUT2D eigenvalue weighted by molar-refractivity contribution is 0.275. The first kappa shape index (κ1) is 20.0. The number of hydrogen-bond donors (Lipinski definition) is 1. The van der Waals surface area contributed by atoms with Gasteiger partial charge in [-0.1, -0.05) is 58.0 Å². The van der Waals surface area contributed by atoms with Crippen molar-refractivity contribution in [3.8, 4) is 5.75 Å². The molecule has 1 heterocycles. The van der Waals surface area contributed by atoms with Crippen LogP contribution in [0.3, 0.4) is 0 Å².